The Bertz CT molecular complexity index is 740. The Morgan fingerprint density at radius 1 is 1.27 bits per heavy atom. The largest absolute Gasteiger partial charge is 0.466 e. The third-order valence-electron chi connectivity index (χ3n) is 3.84. The molecule has 0 saturated heterocycles. The molecular weight excluding hydrogens is 282 g/mol. The summed E-state index contributed by atoms with van der Waals surface area (Å²) in [4.78, 5) is 24.6. The Hall–Kier alpha value is -2.37. The van der Waals surface area contributed by atoms with Crippen LogP contribution in [0.25, 0.3) is 0 Å². The SMILES string of the molecule is Cc1cc(C(C)NC(=O)C(=O)c2c(C)nn(C)c2C)c(C)o1. The molecule has 0 aliphatic carbocycles. The molecule has 2 rings (SSSR count). The van der Waals surface area contributed by atoms with Crippen LogP contribution in [0.1, 0.15) is 51.8 Å². The Balaban J connectivity index is 2.18. The molecule has 0 saturated carbocycles. The fourth-order valence-electron chi connectivity index (χ4n) is 2.64. The second-order valence-electron chi connectivity index (χ2n) is 5.56. The molecule has 0 aliphatic rings. The summed E-state index contributed by atoms with van der Waals surface area (Å²) in [6.07, 6.45) is 0. The van der Waals surface area contributed by atoms with Crippen molar-refractivity contribution in [1.82, 2.24) is 15.1 Å². The van der Waals surface area contributed by atoms with Crippen molar-refractivity contribution in [2.45, 2.75) is 40.7 Å². The van der Waals surface area contributed by atoms with E-state index in [1.165, 1.54) is 0 Å². The zero-order chi connectivity index (χ0) is 16.6. The van der Waals surface area contributed by atoms with Crippen molar-refractivity contribution in [3.63, 3.8) is 0 Å². The van der Waals surface area contributed by atoms with Crippen molar-refractivity contribution in [3.05, 3.63) is 40.1 Å². The molecule has 1 unspecified atom stereocenters. The molecule has 0 bridgehead atoms. The molecule has 0 spiro atoms. The minimum absolute atomic E-state index is 0.300. The predicted octanol–water partition coefficient (Wildman–Crippen LogP) is 2.31. The van der Waals surface area contributed by atoms with Crippen LogP contribution in [0.15, 0.2) is 10.5 Å². The van der Waals surface area contributed by atoms with E-state index in [1.54, 1.807) is 25.6 Å². The third kappa shape index (κ3) is 2.81. The second kappa shape index (κ2) is 5.79. The highest BCUT2D eigenvalue weighted by molar-refractivity contribution is 6.43. The number of carbonyl (C=O) groups excluding carboxylic acids is 2. The van der Waals surface area contributed by atoms with Gasteiger partial charge in [0.25, 0.3) is 11.7 Å². The molecule has 1 N–H and O–H groups in total. The number of furan rings is 1. The number of carbonyl (C=O) groups is 2. The first-order chi connectivity index (χ1) is 10.2. The molecule has 1 amide bonds. The maximum atomic E-state index is 12.4. The molecule has 6 nitrogen and oxygen atoms in total. The topological polar surface area (TPSA) is 77.1 Å². The zero-order valence-corrected chi connectivity index (χ0v) is 13.8. The summed E-state index contributed by atoms with van der Waals surface area (Å²) in [5.41, 5.74) is 2.48. The first-order valence-corrected chi connectivity index (χ1v) is 7.14. The summed E-state index contributed by atoms with van der Waals surface area (Å²) in [6, 6.07) is 1.57. The van der Waals surface area contributed by atoms with Gasteiger partial charge in [-0.15, -0.1) is 0 Å². The van der Waals surface area contributed by atoms with Crippen LogP contribution in [0, 0.1) is 27.7 Å². The van der Waals surface area contributed by atoms with Crippen LogP contribution in [0.5, 0.6) is 0 Å². The van der Waals surface area contributed by atoms with Gasteiger partial charge in [0.1, 0.15) is 11.5 Å². The molecule has 6 heteroatoms. The van der Waals surface area contributed by atoms with Gasteiger partial charge in [-0.3, -0.25) is 14.3 Å². The van der Waals surface area contributed by atoms with Crippen molar-refractivity contribution in [2.24, 2.45) is 7.05 Å². The number of nitrogens with one attached hydrogen (secondary N) is 1. The van der Waals surface area contributed by atoms with Crippen molar-refractivity contribution >= 4 is 11.7 Å². The van der Waals surface area contributed by atoms with Gasteiger partial charge < -0.3 is 9.73 Å². The molecule has 1 atom stereocenters. The number of hydrogen-bond donors (Lipinski definition) is 1. The van der Waals surface area contributed by atoms with E-state index in [9.17, 15) is 9.59 Å². The van der Waals surface area contributed by atoms with E-state index < -0.39 is 11.7 Å². The molecule has 2 aromatic rings. The fourth-order valence-corrected chi connectivity index (χ4v) is 2.64. The van der Waals surface area contributed by atoms with E-state index in [0.717, 1.165) is 17.1 Å². The van der Waals surface area contributed by atoms with Gasteiger partial charge in [0.2, 0.25) is 0 Å². The molecule has 0 radical (unpaired) electrons. The Morgan fingerprint density at radius 2 is 1.91 bits per heavy atom. The maximum absolute atomic E-state index is 12.4. The average Bonchev–Trinajstić information content (AvgIpc) is 2.88. The Labute approximate surface area is 129 Å². The summed E-state index contributed by atoms with van der Waals surface area (Å²) in [5, 5.41) is 6.90. The van der Waals surface area contributed by atoms with Crippen molar-refractivity contribution in [2.75, 3.05) is 0 Å². The van der Waals surface area contributed by atoms with E-state index in [4.69, 9.17) is 4.42 Å². The summed E-state index contributed by atoms with van der Waals surface area (Å²) in [6.45, 7) is 9.00. The van der Waals surface area contributed by atoms with Crippen molar-refractivity contribution in [1.29, 1.82) is 0 Å². The van der Waals surface area contributed by atoms with Gasteiger partial charge in [0.05, 0.1) is 17.3 Å². The first kappa shape index (κ1) is 16.0. The van der Waals surface area contributed by atoms with E-state index in [0.29, 0.717) is 17.0 Å². The van der Waals surface area contributed by atoms with E-state index in [-0.39, 0.29) is 6.04 Å². The van der Waals surface area contributed by atoms with E-state index >= 15 is 0 Å². The van der Waals surface area contributed by atoms with Crippen LogP contribution in [-0.4, -0.2) is 21.5 Å². The minimum atomic E-state index is -0.634. The lowest BCUT2D eigenvalue weighted by Gasteiger charge is -2.12. The van der Waals surface area contributed by atoms with E-state index in [1.807, 2.05) is 26.8 Å². The van der Waals surface area contributed by atoms with Crippen molar-refractivity contribution < 1.29 is 14.0 Å². The van der Waals surface area contributed by atoms with Gasteiger partial charge >= 0.3 is 0 Å². The lowest BCUT2D eigenvalue weighted by atomic mass is 10.1. The number of aromatic nitrogens is 2. The minimum Gasteiger partial charge on any atom is -0.466 e. The highest BCUT2D eigenvalue weighted by atomic mass is 16.3. The molecule has 0 aromatic carbocycles. The first-order valence-electron chi connectivity index (χ1n) is 7.14. The number of aryl methyl sites for hydroxylation is 4. The van der Waals surface area contributed by atoms with Crippen LogP contribution >= 0.6 is 0 Å². The average molecular weight is 303 g/mol. The lowest BCUT2D eigenvalue weighted by Crippen LogP contribution is -2.33. The standard InChI is InChI=1S/C16H21N3O3/c1-8-7-13(12(5)22-8)9(2)17-16(21)15(20)14-10(3)18-19(6)11(14)4/h7,9H,1-6H3,(H,17,21). The van der Waals surface area contributed by atoms with Crippen LogP contribution < -0.4 is 5.32 Å². The molecule has 22 heavy (non-hydrogen) atoms. The zero-order valence-electron chi connectivity index (χ0n) is 13.8. The van der Waals surface area contributed by atoms with Gasteiger partial charge in [0, 0.05) is 18.3 Å². The molecular formula is C16H21N3O3. The van der Waals surface area contributed by atoms with Crippen molar-refractivity contribution in [3.8, 4) is 0 Å². The number of ketones is 1. The Kier molecular flexibility index (Phi) is 4.21. The number of Topliss-reactive ketones (excluding diaryl/α,β-unsaturated/α-hetero) is 1. The van der Waals surface area contributed by atoms with Crippen LogP contribution in [0.4, 0.5) is 0 Å². The number of amides is 1. The highest BCUT2D eigenvalue weighted by Gasteiger charge is 2.25. The smallest absolute Gasteiger partial charge is 0.293 e. The molecule has 2 aromatic heterocycles. The normalized spacial score (nSPS) is 12.3. The predicted molar refractivity (Wildman–Crippen MR) is 81.8 cm³/mol. The molecule has 2 heterocycles. The van der Waals surface area contributed by atoms with Gasteiger partial charge in [-0.05, 0) is 40.7 Å². The van der Waals surface area contributed by atoms with Crippen LogP contribution in [0.3, 0.4) is 0 Å². The van der Waals surface area contributed by atoms with Gasteiger partial charge in [-0.2, -0.15) is 5.10 Å². The van der Waals surface area contributed by atoms with Gasteiger partial charge in [0.15, 0.2) is 0 Å². The summed E-state index contributed by atoms with van der Waals surface area (Å²) >= 11 is 0. The summed E-state index contributed by atoms with van der Waals surface area (Å²) in [5.74, 6) is 0.322. The number of rotatable bonds is 4. The summed E-state index contributed by atoms with van der Waals surface area (Å²) in [7, 11) is 1.75. The quantitative estimate of drug-likeness (QED) is 0.694. The summed E-state index contributed by atoms with van der Waals surface area (Å²) < 4.78 is 7.05. The molecule has 118 valence electrons. The van der Waals surface area contributed by atoms with Gasteiger partial charge in [-0.25, -0.2) is 0 Å². The lowest BCUT2D eigenvalue weighted by molar-refractivity contribution is -0.117. The second-order valence-corrected chi connectivity index (χ2v) is 5.56. The monoisotopic (exact) mass is 303 g/mol. The maximum Gasteiger partial charge on any atom is 0.293 e. The molecule has 0 fully saturated rings. The molecule has 0 aliphatic heterocycles. The number of nitrogens with zero attached hydrogens (tertiary/aromatic N) is 2. The fraction of sp³-hybridized carbons (Fsp3) is 0.438. The van der Waals surface area contributed by atoms with E-state index in [2.05, 4.69) is 10.4 Å². The van der Waals surface area contributed by atoms with Crippen LogP contribution in [0.2, 0.25) is 0 Å². The van der Waals surface area contributed by atoms with Crippen LogP contribution in [-0.2, 0) is 11.8 Å². The highest BCUT2D eigenvalue weighted by Crippen LogP contribution is 2.21. The Morgan fingerprint density at radius 3 is 2.36 bits per heavy atom. The number of hydrogen-bond acceptors (Lipinski definition) is 4. The third-order valence-corrected chi connectivity index (χ3v) is 3.84. The van der Waals surface area contributed by atoms with Gasteiger partial charge in [-0.1, -0.05) is 0 Å².